The van der Waals surface area contributed by atoms with Crippen LogP contribution < -0.4 is 4.74 Å². The van der Waals surface area contributed by atoms with Gasteiger partial charge in [0.05, 0.1) is 7.11 Å². The zero-order valence-electron chi connectivity index (χ0n) is 10.6. The molecule has 4 nitrogen and oxygen atoms in total. The minimum Gasteiger partial charge on any atom is -0.465 e. The second-order valence-corrected chi connectivity index (χ2v) is 4.50. The number of methoxy groups -OCH3 is 1. The summed E-state index contributed by atoms with van der Waals surface area (Å²) in [5.41, 5.74) is 0.305. The molecule has 2 aromatic rings. The van der Waals surface area contributed by atoms with Gasteiger partial charge in [0, 0.05) is 11.1 Å². The summed E-state index contributed by atoms with van der Waals surface area (Å²) >= 11 is 1.65. The molecule has 0 fully saturated rings. The molecule has 0 aliphatic heterocycles. The van der Waals surface area contributed by atoms with E-state index in [1.54, 1.807) is 30.1 Å². The van der Waals surface area contributed by atoms with E-state index in [4.69, 9.17) is 4.74 Å². The fourth-order valence-corrected chi connectivity index (χ4v) is 1.90. The van der Waals surface area contributed by atoms with Crippen molar-refractivity contribution in [2.24, 2.45) is 0 Å². The molecule has 0 aliphatic carbocycles. The van der Waals surface area contributed by atoms with Gasteiger partial charge in [0.1, 0.15) is 11.3 Å². The average molecular weight is 275 g/mol. The van der Waals surface area contributed by atoms with Gasteiger partial charge in [0.2, 0.25) is 5.88 Å². The van der Waals surface area contributed by atoms with Crippen molar-refractivity contribution in [2.45, 2.75) is 4.90 Å². The standard InChI is InChI=1S/C14H13NO3S/c1-17-14(16)12-4-3-9-15-13(12)18-10-5-7-11(19-2)8-6-10/h3-9H,1-2H3. The maximum Gasteiger partial charge on any atom is 0.343 e. The molecule has 0 saturated carbocycles. The molecule has 0 amide bonds. The maximum atomic E-state index is 11.6. The third kappa shape index (κ3) is 3.26. The molecule has 1 aromatic heterocycles. The van der Waals surface area contributed by atoms with Gasteiger partial charge in [-0.2, -0.15) is 0 Å². The Labute approximate surface area is 115 Å². The lowest BCUT2D eigenvalue weighted by Gasteiger charge is -2.08. The molecule has 0 N–H and O–H groups in total. The lowest BCUT2D eigenvalue weighted by atomic mass is 10.3. The van der Waals surface area contributed by atoms with Gasteiger partial charge in [-0.25, -0.2) is 9.78 Å². The SMILES string of the molecule is COC(=O)c1cccnc1Oc1ccc(SC)cc1. The van der Waals surface area contributed by atoms with E-state index < -0.39 is 5.97 Å². The lowest BCUT2D eigenvalue weighted by Crippen LogP contribution is -2.04. The monoisotopic (exact) mass is 275 g/mol. The minimum atomic E-state index is -0.469. The zero-order chi connectivity index (χ0) is 13.7. The number of hydrogen-bond acceptors (Lipinski definition) is 5. The number of aromatic nitrogens is 1. The van der Waals surface area contributed by atoms with Crippen molar-refractivity contribution < 1.29 is 14.3 Å². The first-order valence-corrected chi connectivity index (χ1v) is 6.82. The molecule has 0 spiro atoms. The van der Waals surface area contributed by atoms with E-state index in [-0.39, 0.29) is 5.88 Å². The third-order valence-electron chi connectivity index (χ3n) is 2.45. The van der Waals surface area contributed by atoms with Crippen LogP contribution in [-0.2, 0) is 4.74 Å². The van der Waals surface area contributed by atoms with E-state index in [9.17, 15) is 4.79 Å². The Balaban J connectivity index is 2.25. The highest BCUT2D eigenvalue weighted by atomic mass is 32.2. The molecule has 98 valence electrons. The van der Waals surface area contributed by atoms with Crippen molar-refractivity contribution in [1.29, 1.82) is 0 Å². The first-order chi connectivity index (χ1) is 9.24. The van der Waals surface area contributed by atoms with Crippen LogP contribution in [-0.4, -0.2) is 24.3 Å². The molecule has 2 rings (SSSR count). The molecule has 0 saturated heterocycles. The van der Waals surface area contributed by atoms with Gasteiger partial charge in [-0.15, -0.1) is 11.8 Å². The highest BCUT2D eigenvalue weighted by molar-refractivity contribution is 7.98. The number of pyridine rings is 1. The number of nitrogens with zero attached hydrogens (tertiary/aromatic N) is 1. The van der Waals surface area contributed by atoms with Gasteiger partial charge in [0.15, 0.2) is 0 Å². The summed E-state index contributed by atoms with van der Waals surface area (Å²) in [5.74, 6) is 0.400. The largest absolute Gasteiger partial charge is 0.465 e. The maximum absolute atomic E-state index is 11.6. The first-order valence-electron chi connectivity index (χ1n) is 5.60. The van der Waals surface area contributed by atoms with Crippen LogP contribution in [0.2, 0.25) is 0 Å². The number of carbonyl (C=O) groups is 1. The van der Waals surface area contributed by atoms with Crippen LogP contribution >= 0.6 is 11.8 Å². The van der Waals surface area contributed by atoms with Crippen molar-refractivity contribution in [3.05, 3.63) is 48.2 Å². The number of rotatable bonds is 4. The smallest absolute Gasteiger partial charge is 0.343 e. The predicted molar refractivity (Wildman–Crippen MR) is 73.9 cm³/mol. The fourth-order valence-electron chi connectivity index (χ4n) is 1.49. The Morgan fingerprint density at radius 2 is 1.95 bits per heavy atom. The second kappa shape index (κ2) is 6.24. The molecule has 5 heteroatoms. The highest BCUT2D eigenvalue weighted by Crippen LogP contribution is 2.25. The Morgan fingerprint density at radius 1 is 1.21 bits per heavy atom. The number of ether oxygens (including phenoxy) is 2. The average Bonchev–Trinajstić information content (AvgIpc) is 2.48. The molecule has 0 bridgehead atoms. The van der Waals surface area contributed by atoms with Crippen LogP contribution in [0.25, 0.3) is 0 Å². The van der Waals surface area contributed by atoms with E-state index in [0.29, 0.717) is 11.3 Å². The van der Waals surface area contributed by atoms with E-state index in [1.165, 1.54) is 7.11 Å². The van der Waals surface area contributed by atoms with E-state index >= 15 is 0 Å². The van der Waals surface area contributed by atoms with Crippen molar-refractivity contribution in [1.82, 2.24) is 4.98 Å². The predicted octanol–water partition coefficient (Wildman–Crippen LogP) is 3.38. The summed E-state index contributed by atoms with van der Waals surface area (Å²) < 4.78 is 10.3. The van der Waals surface area contributed by atoms with E-state index in [2.05, 4.69) is 9.72 Å². The summed E-state index contributed by atoms with van der Waals surface area (Å²) in [6.45, 7) is 0. The number of thioether (sulfide) groups is 1. The molecule has 1 heterocycles. The Bertz CT molecular complexity index is 569. The Morgan fingerprint density at radius 3 is 2.58 bits per heavy atom. The van der Waals surface area contributed by atoms with Crippen LogP contribution in [0.5, 0.6) is 11.6 Å². The molecule has 0 aliphatic rings. The van der Waals surface area contributed by atoms with Crippen LogP contribution in [0.4, 0.5) is 0 Å². The van der Waals surface area contributed by atoms with Crippen LogP contribution in [0.1, 0.15) is 10.4 Å². The second-order valence-electron chi connectivity index (χ2n) is 3.63. The van der Waals surface area contributed by atoms with Crippen molar-refractivity contribution in [2.75, 3.05) is 13.4 Å². The van der Waals surface area contributed by atoms with Crippen LogP contribution in [0, 0.1) is 0 Å². The van der Waals surface area contributed by atoms with Gasteiger partial charge in [0.25, 0.3) is 0 Å². The van der Waals surface area contributed by atoms with Crippen molar-refractivity contribution in [3.63, 3.8) is 0 Å². The minimum absolute atomic E-state index is 0.242. The Hall–Kier alpha value is -2.01. The summed E-state index contributed by atoms with van der Waals surface area (Å²) in [7, 11) is 1.33. The van der Waals surface area contributed by atoms with E-state index in [0.717, 1.165) is 4.90 Å². The molecule has 0 atom stereocenters. The van der Waals surface area contributed by atoms with Gasteiger partial charge < -0.3 is 9.47 Å². The summed E-state index contributed by atoms with van der Waals surface area (Å²) in [5, 5.41) is 0. The quantitative estimate of drug-likeness (QED) is 0.632. The van der Waals surface area contributed by atoms with Gasteiger partial charge >= 0.3 is 5.97 Å². The van der Waals surface area contributed by atoms with Crippen LogP contribution in [0.15, 0.2) is 47.5 Å². The normalized spacial score (nSPS) is 10.0. The fraction of sp³-hybridized carbons (Fsp3) is 0.143. The topological polar surface area (TPSA) is 48.4 Å². The van der Waals surface area contributed by atoms with Crippen molar-refractivity contribution in [3.8, 4) is 11.6 Å². The number of esters is 1. The number of benzene rings is 1. The zero-order valence-corrected chi connectivity index (χ0v) is 11.4. The summed E-state index contributed by atoms with van der Waals surface area (Å²) in [6.07, 6.45) is 3.57. The van der Waals surface area contributed by atoms with Gasteiger partial charge in [-0.3, -0.25) is 0 Å². The molecular formula is C14H13NO3S. The molecule has 0 unspecified atom stereocenters. The summed E-state index contributed by atoms with van der Waals surface area (Å²) in [6, 6.07) is 10.8. The van der Waals surface area contributed by atoms with E-state index in [1.807, 2.05) is 30.5 Å². The molecular weight excluding hydrogens is 262 g/mol. The first kappa shape index (κ1) is 13.4. The molecule has 1 aromatic carbocycles. The third-order valence-corrected chi connectivity index (χ3v) is 3.19. The van der Waals surface area contributed by atoms with Crippen molar-refractivity contribution >= 4 is 17.7 Å². The highest BCUT2D eigenvalue weighted by Gasteiger charge is 2.14. The van der Waals surface area contributed by atoms with Gasteiger partial charge in [-0.05, 0) is 42.7 Å². The molecule has 0 radical (unpaired) electrons. The number of carbonyl (C=O) groups excluding carboxylic acids is 1. The Kier molecular flexibility index (Phi) is 4.41. The van der Waals surface area contributed by atoms with Crippen LogP contribution in [0.3, 0.4) is 0 Å². The number of hydrogen-bond donors (Lipinski definition) is 0. The van der Waals surface area contributed by atoms with Gasteiger partial charge in [-0.1, -0.05) is 0 Å². The lowest BCUT2D eigenvalue weighted by molar-refractivity contribution is 0.0597. The molecule has 19 heavy (non-hydrogen) atoms. The summed E-state index contributed by atoms with van der Waals surface area (Å²) in [4.78, 5) is 16.8.